The lowest BCUT2D eigenvalue weighted by atomic mass is 9.97. The van der Waals surface area contributed by atoms with Gasteiger partial charge in [-0.1, -0.05) is 24.3 Å². The van der Waals surface area contributed by atoms with Gasteiger partial charge in [0.2, 0.25) is 0 Å². The SMILES string of the molecule is Cc1ccc(-c2c(-c3ccc(N4CCN(C)CC4)cc3)[nH]c3ncc([N+](=O)[O-])cc23)cc1NC(=O)O. The molecule has 0 spiro atoms. The van der Waals surface area contributed by atoms with Gasteiger partial charge in [0.1, 0.15) is 11.8 Å². The number of rotatable bonds is 5. The first-order chi connectivity index (χ1) is 17.3. The molecule has 10 heteroatoms. The number of nitro groups is 1. The number of benzene rings is 2. The maximum atomic E-state index is 11.5. The van der Waals surface area contributed by atoms with Gasteiger partial charge in [0.25, 0.3) is 5.69 Å². The fourth-order valence-electron chi connectivity index (χ4n) is 4.61. The van der Waals surface area contributed by atoms with E-state index >= 15 is 0 Å². The first-order valence-corrected chi connectivity index (χ1v) is 11.6. The molecule has 10 nitrogen and oxygen atoms in total. The quantitative estimate of drug-likeness (QED) is 0.269. The summed E-state index contributed by atoms with van der Waals surface area (Å²) in [7, 11) is 2.12. The Morgan fingerprint density at radius 2 is 1.78 bits per heavy atom. The van der Waals surface area contributed by atoms with Crippen LogP contribution in [0.5, 0.6) is 0 Å². The van der Waals surface area contributed by atoms with Crippen LogP contribution in [0.1, 0.15) is 5.56 Å². The van der Waals surface area contributed by atoms with Crippen molar-refractivity contribution >= 4 is 34.2 Å². The molecule has 1 saturated heterocycles. The maximum Gasteiger partial charge on any atom is 0.409 e. The van der Waals surface area contributed by atoms with Crippen LogP contribution in [0.3, 0.4) is 0 Å². The highest BCUT2D eigenvalue weighted by molar-refractivity contribution is 6.04. The van der Waals surface area contributed by atoms with E-state index in [0.29, 0.717) is 16.7 Å². The molecule has 0 atom stereocenters. The molecule has 2 aromatic carbocycles. The highest BCUT2D eigenvalue weighted by atomic mass is 16.6. The van der Waals surface area contributed by atoms with Crippen LogP contribution in [0.25, 0.3) is 33.4 Å². The molecule has 0 bridgehead atoms. The summed E-state index contributed by atoms with van der Waals surface area (Å²) in [6.45, 7) is 5.76. The number of fused-ring (bicyclic) bond motifs is 1. The minimum atomic E-state index is -1.16. The minimum Gasteiger partial charge on any atom is -0.465 e. The van der Waals surface area contributed by atoms with E-state index in [-0.39, 0.29) is 5.69 Å². The van der Waals surface area contributed by atoms with Crippen molar-refractivity contribution in [3.8, 4) is 22.4 Å². The number of aromatic nitrogens is 2. The smallest absolute Gasteiger partial charge is 0.409 e. The monoisotopic (exact) mass is 486 g/mol. The highest BCUT2D eigenvalue weighted by Gasteiger charge is 2.21. The number of hydrogen-bond donors (Lipinski definition) is 3. The average Bonchev–Trinajstić information content (AvgIpc) is 3.24. The molecule has 1 amide bonds. The number of likely N-dealkylation sites (N-methyl/N-ethyl adjacent to an activating group) is 1. The molecule has 0 unspecified atom stereocenters. The first kappa shape index (κ1) is 23.3. The molecule has 3 N–H and O–H groups in total. The highest BCUT2D eigenvalue weighted by Crippen LogP contribution is 2.40. The number of nitrogens with zero attached hydrogens (tertiary/aromatic N) is 4. The third kappa shape index (κ3) is 4.46. The number of aryl methyl sites for hydroxylation is 1. The lowest BCUT2D eigenvalue weighted by Crippen LogP contribution is -2.44. The number of nitrogens with one attached hydrogen (secondary N) is 2. The van der Waals surface area contributed by atoms with E-state index in [4.69, 9.17) is 0 Å². The van der Waals surface area contributed by atoms with Crippen molar-refractivity contribution in [3.63, 3.8) is 0 Å². The van der Waals surface area contributed by atoms with Gasteiger partial charge in [-0.05, 0) is 48.9 Å². The second-order valence-electron chi connectivity index (χ2n) is 9.02. The van der Waals surface area contributed by atoms with Gasteiger partial charge in [-0.15, -0.1) is 0 Å². The molecule has 0 aliphatic carbocycles. The predicted molar refractivity (Wildman–Crippen MR) is 140 cm³/mol. The number of carbonyl (C=O) groups is 1. The van der Waals surface area contributed by atoms with Crippen LogP contribution in [0, 0.1) is 17.0 Å². The molecule has 4 aromatic rings. The van der Waals surface area contributed by atoms with Crippen molar-refractivity contribution in [2.45, 2.75) is 6.92 Å². The van der Waals surface area contributed by atoms with Crippen molar-refractivity contribution in [1.82, 2.24) is 14.9 Å². The lowest BCUT2D eigenvalue weighted by Gasteiger charge is -2.34. The number of H-pyrrole nitrogens is 1. The Morgan fingerprint density at radius 3 is 2.44 bits per heavy atom. The summed E-state index contributed by atoms with van der Waals surface area (Å²) in [6, 6.07) is 15.2. The van der Waals surface area contributed by atoms with Gasteiger partial charge in [-0.25, -0.2) is 9.78 Å². The van der Waals surface area contributed by atoms with Crippen LogP contribution in [-0.4, -0.2) is 64.2 Å². The number of amides is 1. The second-order valence-corrected chi connectivity index (χ2v) is 9.02. The van der Waals surface area contributed by atoms with Gasteiger partial charge in [0.05, 0.1) is 10.6 Å². The largest absolute Gasteiger partial charge is 0.465 e. The molecule has 184 valence electrons. The van der Waals surface area contributed by atoms with E-state index < -0.39 is 11.0 Å². The van der Waals surface area contributed by atoms with Gasteiger partial charge in [0.15, 0.2) is 0 Å². The van der Waals surface area contributed by atoms with E-state index in [1.165, 1.54) is 12.3 Å². The van der Waals surface area contributed by atoms with Gasteiger partial charge >= 0.3 is 6.09 Å². The van der Waals surface area contributed by atoms with Gasteiger partial charge < -0.3 is 19.9 Å². The van der Waals surface area contributed by atoms with Gasteiger partial charge in [-0.2, -0.15) is 0 Å². The number of carboxylic acid groups (broad SMARTS) is 1. The molecule has 1 aliphatic rings. The third-order valence-electron chi connectivity index (χ3n) is 6.64. The normalized spacial score (nSPS) is 14.2. The van der Waals surface area contributed by atoms with Crippen LogP contribution < -0.4 is 10.2 Å². The number of pyridine rings is 1. The summed E-state index contributed by atoms with van der Waals surface area (Å²) in [5, 5.41) is 23.7. The van der Waals surface area contributed by atoms with Crippen LogP contribution in [0.2, 0.25) is 0 Å². The van der Waals surface area contributed by atoms with Crippen LogP contribution in [0.15, 0.2) is 54.7 Å². The summed E-state index contributed by atoms with van der Waals surface area (Å²) < 4.78 is 0. The molecule has 1 fully saturated rings. The summed E-state index contributed by atoms with van der Waals surface area (Å²) in [4.78, 5) is 34.6. The topological polar surface area (TPSA) is 128 Å². The number of hydrogen-bond acceptors (Lipinski definition) is 6. The molecule has 0 radical (unpaired) electrons. The van der Waals surface area contributed by atoms with Crippen LogP contribution in [-0.2, 0) is 0 Å². The van der Waals surface area contributed by atoms with E-state index in [9.17, 15) is 20.0 Å². The molecule has 5 rings (SSSR count). The Bertz CT molecular complexity index is 1460. The lowest BCUT2D eigenvalue weighted by molar-refractivity contribution is -0.385. The summed E-state index contributed by atoms with van der Waals surface area (Å²) >= 11 is 0. The zero-order valence-corrected chi connectivity index (χ0v) is 20.0. The van der Waals surface area contributed by atoms with Crippen LogP contribution in [0.4, 0.5) is 21.9 Å². The Hall–Kier alpha value is -4.44. The minimum absolute atomic E-state index is 0.115. The van der Waals surface area contributed by atoms with Gasteiger partial charge in [0, 0.05) is 54.6 Å². The molecule has 3 heterocycles. The Kier molecular flexibility index (Phi) is 6.03. The Balaban J connectivity index is 1.63. The third-order valence-corrected chi connectivity index (χ3v) is 6.64. The summed E-state index contributed by atoms with van der Waals surface area (Å²) in [5.41, 5.74) is 5.86. The molecule has 1 aliphatic heterocycles. The van der Waals surface area contributed by atoms with E-state index in [1.807, 2.05) is 31.2 Å². The molecular formula is C26H26N6O4. The number of anilines is 2. The predicted octanol–water partition coefficient (Wildman–Crippen LogP) is 4.96. The van der Waals surface area contributed by atoms with Crippen molar-refractivity contribution in [1.29, 1.82) is 0 Å². The van der Waals surface area contributed by atoms with E-state index in [0.717, 1.165) is 59.8 Å². The fraction of sp³-hybridized carbons (Fsp3) is 0.231. The molecule has 0 saturated carbocycles. The van der Waals surface area contributed by atoms with E-state index in [1.54, 1.807) is 6.07 Å². The number of aromatic amines is 1. The van der Waals surface area contributed by atoms with Crippen molar-refractivity contribution in [3.05, 3.63) is 70.4 Å². The molecule has 36 heavy (non-hydrogen) atoms. The van der Waals surface area contributed by atoms with Gasteiger partial charge in [-0.3, -0.25) is 15.4 Å². The fourth-order valence-corrected chi connectivity index (χ4v) is 4.61. The Labute approximate surface area is 207 Å². The molecular weight excluding hydrogens is 460 g/mol. The van der Waals surface area contributed by atoms with E-state index in [2.05, 4.69) is 44.3 Å². The first-order valence-electron chi connectivity index (χ1n) is 11.6. The summed E-state index contributed by atoms with van der Waals surface area (Å²) in [5.74, 6) is 0. The summed E-state index contributed by atoms with van der Waals surface area (Å²) in [6.07, 6.45) is 0.0706. The van der Waals surface area contributed by atoms with Crippen molar-refractivity contribution < 1.29 is 14.8 Å². The zero-order chi connectivity index (χ0) is 25.4. The second kappa shape index (κ2) is 9.31. The Morgan fingerprint density at radius 1 is 1.08 bits per heavy atom. The van der Waals surface area contributed by atoms with Crippen molar-refractivity contribution in [2.75, 3.05) is 43.4 Å². The maximum absolute atomic E-state index is 11.5. The molecule has 2 aromatic heterocycles. The number of piperazine rings is 1. The zero-order valence-electron chi connectivity index (χ0n) is 20.0. The van der Waals surface area contributed by atoms with Crippen LogP contribution >= 0.6 is 0 Å². The average molecular weight is 487 g/mol. The standard InChI is InChI=1S/C26H26N6O4/c1-16-3-4-18(13-22(16)28-26(33)34)23-21-14-20(32(35)36)15-27-25(21)29-24(23)17-5-7-19(8-6-17)31-11-9-30(2)10-12-31/h3-8,13-15,28H,9-12H2,1-2H3,(H,27,29)(H,33,34). The van der Waals surface area contributed by atoms with Crippen molar-refractivity contribution in [2.24, 2.45) is 0 Å².